The maximum absolute atomic E-state index is 12.8. The van der Waals surface area contributed by atoms with Gasteiger partial charge in [0.1, 0.15) is 5.82 Å². The summed E-state index contributed by atoms with van der Waals surface area (Å²) in [7, 11) is 1.70. The Morgan fingerprint density at radius 1 is 1.28 bits per heavy atom. The van der Waals surface area contributed by atoms with Crippen LogP contribution in [-0.4, -0.2) is 23.7 Å². The van der Waals surface area contributed by atoms with Gasteiger partial charge in [0.05, 0.1) is 18.3 Å². The molecule has 0 fully saturated rings. The van der Waals surface area contributed by atoms with E-state index in [9.17, 15) is 4.39 Å². The standard InChI is InChI=1S/C14H20FIO2/c1-14(2,17-3)8-9-18-13(10-16)11-4-6-12(15)7-5-11/h4-7,13H,8-10H2,1-3H3. The van der Waals surface area contributed by atoms with Crippen LogP contribution in [0.3, 0.4) is 0 Å². The van der Waals surface area contributed by atoms with Gasteiger partial charge in [-0.1, -0.05) is 34.7 Å². The molecule has 0 amide bonds. The Morgan fingerprint density at radius 3 is 2.39 bits per heavy atom. The minimum absolute atomic E-state index is 0.0128. The molecule has 0 aliphatic heterocycles. The lowest BCUT2D eigenvalue weighted by Gasteiger charge is -2.24. The zero-order valence-electron chi connectivity index (χ0n) is 11.1. The van der Waals surface area contributed by atoms with E-state index in [1.54, 1.807) is 19.2 Å². The van der Waals surface area contributed by atoms with Gasteiger partial charge in [0, 0.05) is 11.5 Å². The van der Waals surface area contributed by atoms with Crippen molar-refractivity contribution in [3.8, 4) is 0 Å². The molecule has 18 heavy (non-hydrogen) atoms. The van der Waals surface area contributed by atoms with Crippen LogP contribution in [0.15, 0.2) is 24.3 Å². The van der Waals surface area contributed by atoms with Gasteiger partial charge in [0.15, 0.2) is 0 Å². The minimum atomic E-state index is -0.216. The first-order valence-electron chi connectivity index (χ1n) is 5.96. The Hall–Kier alpha value is -0.200. The van der Waals surface area contributed by atoms with Crippen molar-refractivity contribution < 1.29 is 13.9 Å². The third-order valence-electron chi connectivity index (χ3n) is 2.96. The maximum Gasteiger partial charge on any atom is 0.123 e. The summed E-state index contributed by atoms with van der Waals surface area (Å²) in [6.07, 6.45) is 0.844. The number of halogens is 2. The minimum Gasteiger partial charge on any atom is -0.379 e. The summed E-state index contributed by atoms with van der Waals surface area (Å²) in [5.41, 5.74) is 0.847. The van der Waals surface area contributed by atoms with E-state index in [1.165, 1.54) is 12.1 Å². The third-order valence-corrected chi connectivity index (χ3v) is 3.76. The number of benzene rings is 1. The van der Waals surface area contributed by atoms with E-state index in [-0.39, 0.29) is 17.5 Å². The van der Waals surface area contributed by atoms with Crippen LogP contribution in [0.25, 0.3) is 0 Å². The highest BCUT2D eigenvalue weighted by Gasteiger charge is 2.18. The van der Waals surface area contributed by atoms with E-state index in [1.807, 2.05) is 13.8 Å². The molecular weight excluding hydrogens is 346 g/mol. The van der Waals surface area contributed by atoms with E-state index in [0.29, 0.717) is 6.61 Å². The van der Waals surface area contributed by atoms with E-state index in [2.05, 4.69) is 22.6 Å². The van der Waals surface area contributed by atoms with Gasteiger partial charge in [-0.25, -0.2) is 4.39 Å². The molecule has 0 heterocycles. The second kappa shape index (κ2) is 7.40. The van der Waals surface area contributed by atoms with Gasteiger partial charge in [0.2, 0.25) is 0 Å². The van der Waals surface area contributed by atoms with Crippen molar-refractivity contribution in [3.63, 3.8) is 0 Å². The van der Waals surface area contributed by atoms with Crippen LogP contribution in [0, 0.1) is 5.82 Å². The van der Waals surface area contributed by atoms with Crippen molar-refractivity contribution in [2.75, 3.05) is 18.1 Å². The van der Waals surface area contributed by atoms with Crippen LogP contribution in [0.4, 0.5) is 4.39 Å². The summed E-state index contributed by atoms with van der Waals surface area (Å²) in [5.74, 6) is -0.216. The highest BCUT2D eigenvalue weighted by atomic mass is 127. The van der Waals surface area contributed by atoms with Crippen molar-refractivity contribution in [2.24, 2.45) is 0 Å². The molecule has 1 unspecified atom stereocenters. The summed E-state index contributed by atoms with van der Waals surface area (Å²) < 4.78 is 24.9. The molecule has 0 saturated carbocycles. The zero-order valence-corrected chi connectivity index (χ0v) is 13.2. The number of alkyl halides is 1. The number of methoxy groups -OCH3 is 1. The van der Waals surface area contributed by atoms with Gasteiger partial charge in [0.25, 0.3) is 0 Å². The summed E-state index contributed by atoms with van der Waals surface area (Å²) >= 11 is 2.28. The second-order valence-corrected chi connectivity index (χ2v) is 5.66. The number of hydrogen-bond donors (Lipinski definition) is 0. The molecule has 0 bridgehead atoms. The van der Waals surface area contributed by atoms with Gasteiger partial charge < -0.3 is 9.47 Å². The fraction of sp³-hybridized carbons (Fsp3) is 0.571. The summed E-state index contributed by atoms with van der Waals surface area (Å²) in [4.78, 5) is 0. The van der Waals surface area contributed by atoms with Crippen LogP contribution in [0.2, 0.25) is 0 Å². The molecule has 1 aromatic carbocycles. The van der Waals surface area contributed by atoms with Gasteiger partial charge in [-0.05, 0) is 38.0 Å². The molecule has 1 atom stereocenters. The highest BCUT2D eigenvalue weighted by molar-refractivity contribution is 14.1. The molecule has 0 aromatic heterocycles. The quantitative estimate of drug-likeness (QED) is 0.534. The number of hydrogen-bond acceptors (Lipinski definition) is 2. The Balaban J connectivity index is 2.50. The first kappa shape index (κ1) is 15.9. The van der Waals surface area contributed by atoms with Gasteiger partial charge >= 0.3 is 0 Å². The Labute approximate surface area is 122 Å². The van der Waals surface area contributed by atoms with Gasteiger partial charge in [-0.3, -0.25) is 0 Å². The first-order valence-corrected chi connectivity index (χ1v) is 7.49. The molecule has 0 radical (unpaired) electrons. The molecule has 0 aliphatic carbocycles. The largest absolute Gasteiger partial charge is 0.379 e. The lowest BCUT2D eigenvalue weighted by molar-refractivity contribution is -0.0225. The van der Waals surface area contributed by atoms with Crippen molar-refractivity contribution in [1.29, 1.82) is 0 Å². The molecular formula is C14H20FIO2. The predicted octanol–water partition coefficient (Wildman–Crippen LogP) is 4.13. The Bertz CT molecular complexity index is 351. The van der Waals surface area contributed by atoms with Gasteiger partial charge in [-0.2, -0.15) is 0 Å². The SMILES string of the molecule is COC(C)(C)CCOC(CI)c1ccc(F)cc1. The monoisotopic (exact) mass is 366 g/mol. The van der Waals surface area contributed by atoms with Crippen LogP contribution in [-0.2, 0) is 9.47 Å². The van der Waals surface area contributed by atoms with Crippen LogP contribution in [0.1, 0.15) is 31.9 Å². The maximum atomic E-state index is 12.8. The molecule has 1 rings (SSSR count). The van der Waals surface area contributed by atoms with Crippen molar-refractivity contribution in [2.45, 2.75) is 32.0 Å². The fourth-order valence-electron chi connectivity index (χ4n) is 1.46. The average molecular weight is 366 g/mol. The number of ether oxygens (including phenoxy) is 2. The summed E-state index contributed by atoms with van der Waals surface area (Å²) in [6, 6.07) is 6.49. The molecule has 4 heteroatoms. The second-order valence-electron chi connectivity index (χ2n) is 4.78. The zero-order chi connectivity index (χ0) is 13.6. The average Bonchev–Trinajstić information content (AvgIpc) is 2.36. The summed E-state index contributed by atoms with van der Waals surface area (Å²) in [5, 5.41) is 0. The molecule has 1 aromatic rings. The van der Waals surface area contributed by atoms with Crippen LogP contribution in [0.5, 0.6) is 0 Å². The van der Waals surface area contributed by atoms with E-state index < -0.39 is 0 Å². The van der Waals surface area contributed by atoms with Crippen LogP contribution >= 0.6 is 22.6 Å². The molecule has 2 nitrogen and oxygen atoms in total. The lowest BCUT2D eigenvalue weighted by Crippen LogP contribution is -2.25. The molecule has 0 N–H and O–H groups in total. The van der Waals surface area contributed by atoms with Crippen molar-refractivity contribution in [3.05, 3.63) is 35.6 Å². The highest BCUT2D eigenvalue weighted by Crippen LogP contribution is 2.22. The fourth-order valence-corrected chi connectivity index (χ4v) is 2.22. The van der Waals surface area contributed by atoms with Crippen LogP contribution < -0.4 is 0 Å². The lowest BCUT2D eigenvalue weighted by atomic mass is 10.1. The molecule has 0 spiro atoms. The summed E-state index contributed by atoms with van der Waals surface area (Å²) in [6.45, 7) is 4.70. The normalized spacial score (nSPS) is 13.6. The molecule has 102 valence electrons. The third kappa shape index (κ3) is 5.20. The first-order chi connectivity index (χ1) is 8.48. The van der Waals surface area contributed by atoms with Gasteiger partial charge in [-0.15, -0.1) is 0 Å². The van der Waals surface area contributed by atoms with Crippen molar-refractivity contribution >= 4 is 22.6 Å². The smallest absolute Gasteiger partial charge is 0.123 e. The van der Waals surface area contributed by atoms with Crippen molar-refractivity contribution in [1.82, 2.24) is 0 Å². The topological polar surface area (TPSA) is 18.5 Å². The van der Waals surface area contributed by atoms with E-state index >= 15 is 0 Å². The molecule has 0 aliphatic rings. The Morgan fingerprint density at radius 2 is 1.89 bits per heavy atom. The predicted molar refractivity (Wildman–Crippen MR) is 79.7 cm³/mol. The molecule has 0 saturated heterocycles. The van der Waals surface area contributed by atoms with E-state index in [0.717, 1.165) is 16.4 Å². The Kier molecular flexibility index (Phi) is 6.52. The van der Waals surface area contributed by atoms with E-state index in [4.69, 9.17) is 9.47 Å². The number of rotatable bonds is 7.